The minimum atomic E-state index is -4.78. The Bertz CT molecular complexity index is 1160. The SMILES string of the molecule is COC(=O)C(=O)N(CCCCc1ccccc1)c1ccc(-c2ccc(OC(F)(F)F)cc2)c(OC)c1. The minimum absolute atomic E-state index is 0.284. The van der Waals surface area contributed by atoms with Gasteiger partial charge in [-0.3, -0.25) is 4.79 Å². The Labute approximate surface area is 207 Å². The predicted molar refractivity (Wildman–Crippen MR) is 129 cm³/mol. The first-order valence-electron chi connectivity index (χ1n) is 11.2. The quantitative estimate of drug-likeness (QED) is 0.211. The molecule has 0 saturated carbocycles. The molecule has 0 atom stereocenters. The molecule has 0 aromatic heterocycles. The zero-order valence-electron chi connectivity index (χ0n) is 19.9. The van der Waals surface area contributed by atoms with Crippen molar-refractivity contribution in [1.29, 1.82) is 0 Å². The third-order valence-electron chi connectivity index (χ3n) is 5.44. The molecule has 0 saturated heterocycles. The number of anilines is 1. The summed E-state index contributed by atoms with van der Waals surface area (Å²) in [7, 11) is 2.58. The van der Waals surface area contributed by atoms with Gasteiger partial charge in [-0.25, -0.2) is 4.79 Å². The number of ether oxygens (including phenoxy) is 3. The second-order valence-corrected chi connectivity index (χ2v) is 7.85. The van der Waals surface area contributed by atoms with Crippen molar-refractivity contribution in [2.24, 2.45) is 0 Å². The number of methoxy groups -OCH3 is 2. The Morgan fingerprint density at radius 1 is 0.889 bits per heavy atom. The van der Waals surface area contributed by atoms with Crippen LogP contribution in [0.5, 0.6) is 11.5 Å². The second kappa shape index (κ2) is 12.1. The zero-order valence-corrected chi connectivity index (χ0v) is 19.9. The summed E-state index contributed by atoms with van der Waals surface area (Å²) in [6.45, 7) is 0.284. The molecule has 9 heteroatoms. The van der Waals surface area contributed by atoms with Crippen LogP contribution in [0.4, 0.5) is 18.9 Å². The van der Waals surface area contributed by atoms with Crippen molar-refractivity contribution in [3.05, 3.63) is 78.4 Å². The van der Waals surface area contributed by atoms with Gasteiger partial charge >= 0.3 is 18.2 Å². The van der Waals surface area contributed by atoms with Crippen molar-refractivity contribution in [3.63, 3.8) is 0 Å². The van der Waals surface area contributed by atoms with E-state index in [0.29, 0.717) is 29.0 Å². The Kier molecular flexibility index (Phi) is 8.94. The van der Waals surface area contributed by atoms with Crippen molar-refractivity contribution in [2.45, 2.75) is 25.6 Å². The number of alkyl halides is 3. The molecule has 0 spiro atoms. The lowest BCUT2D eigenvalue weighted by molar-refractivity contribution is -0.274. The molecule has 0 aliphatic heterocycles. The van der Waals surface area contributed by atoms with Gasteiger partial charge in [0.25, 0.3) is 0 Å². The first-order chi connectivity index (χ1) is 17.2. The van der Waals surface area contributed by atoms with Crippen molar-refractivity contribution in [2.75, 3.05) is 25.7 Å². The summed E-state index contributed by atoms with van der Waals surface area (Å²) in [5.74, 6) is -1.75. The molecule has 3 aromatic carbocycles. The van der Waals surface area contributed by atoms with Gasteiger partial charge in [0.1, 0.15) is 11.5 Å². The average Bonchev–Trinajstić information content (AvgIpc) is 2.87. The van der Waals surface area contributed by atoms with E-state index >= 15 is 0 Å². The van der Waals surface area contributed by atoms with Gasteiger partial charge in [0.2, 0.25) is 0 Å². The number of nitrogens with zero attached hydrogens (tertiary/aromatic N) is 1. The molecular formula is C27H26F3NO5. The van der Waals surface area contributed by atoms with Gasteiger partial charge in [-0.05, 0) is 54.7 Å². The van der Waals surface area contributed by atoms with Crippen LogP contribution in [-0.4, -0.2) is 39.0 Å². The topological polar surface area (TPSA) is 65.1 Å². The third-order valence-corrected chi connectivity index (χ3v) is 5.44. The monoisotopic (exact) mass is 501 g/mol. The van der Waals surface area contributed by atoms with Gasteiger partial charge < -0.3 is 19.1 Å². The minimum Gasteiger partial charge on any atom is -0.496 e. The van der Waals surface area contributed by atoms with E-state index in [1.807, 2.05) is 30.3 Å². The lowest BCUT2D eigenvalue weighted by Crippen LogP contribution is -2.38. The zero-order chi connectivity index (χ0) is 26.1. The largest absolute Gasteiger partial charge is 0.573 e. The van der Waals surface area contributed by atoms with E-state index in [4.69, 9.17) is 4.74 Å². The van der Waals surface area contributed by atoms with Crippen LogP contribution >= 0.6 is 0 Å². The second-order valence-electron chi connectivity index (χ2n) is 7.85. The number of carbonyl (C=O) groups excluding carboxylic acids is 2. The van der Waals surface area contributed by atoms with Crippen LogP contribution in [0.1, 0.15) is 18.4 Å². The highest BCUT2D eigenvalue weighted by molar-refractivity contribution is 6.38. The molecule has 0 aliphatic rings. The van der Waals surface area contributed by atoms with E-state index in [1.54, 1.807) is 18.2 Å². The lowest BCUT2D eigenvalue weighted by atomic mass is 10.0. The summed E-state index contributed by atoms with van der Waals surface area (Å²) in [5, 5.41) is 0. The van der Waals surface area contributed by atoms with Crippen LogP contribution in [0.3, 0.4) is 0 Å². The average molecular weight is 502 g/mol. The number of halogens is 3. The van der Waals surface area contributed by atoms with E-state index in [1.165, 1.54) is 41.8 Å². The fourth-order valence-corrected chi connectivity index (χ4v) is 3.71. The molecule has 0 unspecified atom stereocenters. The number of benzene rings is 3. The third kappa shape index (κ3) is 7.24. The highest BCUT2D eigenvalue weighted by Gasteiger charge is 2.31. The summed E-state index contributed by atoms with van der Waals surface area (Å²) in [6.07, 6.45) is -2.51. The summed E-state index contributed by atoms with van der Waals surface area (Å²) in [5.41, 5.74) is 2.79. The molecule has 0 heterocycles. The molecule has 0 aliphatic carbocycles. The van der Waals surface area contributed by atoms with Crippen LogP contribution < -0.4 is 14.4 Å². The summed E-state index contributed by atoms with van der Waals surface area (Å²) < 4.78 is 51.4. The number of aryl methyl sites for hydroxylation is 1. The standard InChI is InChI=1S/C27H26F3NO5/c1-34-24-18-21(13-16-23(24)20-11-14-22(15-12-20)36-27(28,29)30)31(25(32)26(33)35-2)17-7-6-10-19-8-4-3-5-9-19/h3-5,8-9,11-16,18H,6-7,10,17H2,1-2H3. The molecule has 3 rings (SSSR count). The maximum atomic E-state index is 12.7. The number of carbonyl (C=O) groups is 2. The van der Waals surface area contributed by atoms with Gasteiger partial charge in [0, 0.05) is 23.9 Å². The van der Waals surface area contributed by atoms with Crippen molar-refractivity contribution in [1.82, 2.24) is 0 Å². The van der Waals surface area contributed by atoms with Crippen LogP contribution in [0.15, 0.2) is 72.8 Å². The fourth-order valence-electron chi connectivity index (χ4n) is 3.71. The van der Waals surface area contributed by atoms with Gasteiger partial charge in [-0.15, -0.1) is 13.2 Å². The predicted octanol–water partition coefficient (Wildman–Crippen LogP) is 5.79. The van der Waals surface area contributed by atoms with Crippen LogP contribution in [0.2, 0.25) is 0 Å². The molecule has 0 N–H and O–H groups in total. The van der Waals surface area contributed by atoms with Gasteiger partial charge in [-0.1, -0.05) is 42.5 Å². The Morgan fingerprint density at radius 3 is 2.19 bits per heavy atom. The van der Waals surface area contributed by atoms with E-state index in [0.717, 1.165) is 20.0 Å². The van der Waals surface area contributed by atoms with Crippen molar-refractivity contribution >= 4 is 17.6 Å². The maximum absolute atomic E-state index is 12.7. The first kappa shape index (κ1) is 26.6. The molecule has 0 fully saturated rings. The van der Waals surface area contributed by atoms with E-state index < -0.39 is 18.2 Å². The Balaban J connectivity index is 1.80. The Morgan fingerprint density at radius 2 is 1.58 bits per heavy atom. The highest BCUT2D eigenvalue weighted by Crippen LogP contribution is 2.35. The number of hydrogen-bond donors (Lipinski definition) is 0. The smallest absolute Gasteiger partial charge is 0.496 e. The van der Waals surface area contributed by atoms with Gasteiger partial charge in [0.05, 0.1) is 14.2 Å². The van der Waals surface area contributed by atoms with E-state index in [9.17, 15) is 22.8 Å². The first-order valence-corrected chi connectivity index (χ1v) is 11.2. The molecular weight excluding hydrogens is 475 g/mol. The number of hydrogen-bond acceptors (Lipinski definition) is 5. The molecule has 1 amide bonds. The number of unbranched alkanes of at least 4 members (excludes halogenated alkanes) is 1. The maximum Gasteiger partial charge on any atom is 0.573 e. The van der Waals surface area contributed by atoms with Crippen molar-refractivity contribution in [3.8, 4) is 22.6 Å². The van der Waals surface area contributed by atoms with Gasteiger partial charge in [0.15, 0.2) is 0 Å². The van der Waals surface area contributed by atoms with Crippen LogP contribution in [0.25, 0.3) is 11.1 Å². The number of esters is 1. The summed E-state index contributed by atoms with van der Waals surface area (Å²) in [4.78, 5) is 26.1. The van der Waals surface area contributed by atoms with Crippen LogP contribution in [-0.2, 0) is 20.7 Å². The molecule has 36 heavy (non-hydrogen) atoms. The number of amides is 1. The fraction of sp³-hybridized carbons (Fsp3) is 0.259. The number of rotatable bonds is 9. The molecule has 6 nitrogen and oxygen atoms in total. The van der Waals surface area contributed by atoms with E-state index in [-0.39, 0.29) is 12.3 Å². The molecule has 0 bridgehead atoms. The summed E-state index contributed by atoms with van der Waals surface area (Å²) >= 11 is 0. The normalized spacial score (nSPS) is 11.0. The van der Waals surface area contributed by atoms with Gasteiger partial charge in [-0.2, -0.15) is 0 Å². The highest BCUT2D eigenvalue weighted by atomic mass is 19.4. The molecule has 0 radical (unpaired) electrons. The van der Waals surface area contributed by atoms with Crippen molar-refractivity contribution < 1.29 is 37.0 Å². The molecule has 3 aromatic rings. The Hall–Kier alpha value is -4.01. The molecule has 190 valence electrons. The van der Waals surface area contributed by atoms with E-state index in [2.05, 4.69) is 9.47 Å². The lowest BCUT2D eigenvalue weighted by Gasteiger charge is -2.23. The summed E-state index contributed by atoms with van der Waals surface area (Å²) in [6, 6.07) is 20.2. The van der Waals surface area contributed by atoms with Crippen LogP contribution in [0, 0.1) is 0 Å².